The van der Waals surface area contributed by atoms with Gasteiger partial charge in [0.2, 0.25) is 0 Å². The fourth-order valence-electron chi connectivity index (χ4n) is 3.98. The van der Waals surface area contributed by atoms with Gasteiger partial charge in [-0.1, -0.05) is 30.3 Å². The van der Waals surface area contributed by atoms with Gasteiger partial charge in [-0.3, -0.25) is 9.63 Å². The lowest BCUT2D eigenvalue weighted by Gasteiger charge is -2.11. The molecule has 0 aliphatic carbocycles. The van der Waals surface area contributed by atoms with E-state index in [9.17, 15) is 4.79 Å². The highest BCUT2D eigenvalue weighted by Gasteiger charge is 2.23. The molecule has 0 spiro atoms. The number of hydrogen-bond donors (Lipinski definition) is 3. The number of H-pyrrole nitrogens is 1. The lowest BCUT2D eigenvalue weighted by Crippen LogP contribution is -2.21. The molecule has 1 atom stereocenters. The molecular weight excluding hydrogens is 314 g/mol. The molecule has 0 radical (unpaired) electrons. The number of aromatic nitrogens is 1. The topological polar surface area (TPSA) is 66.2 Å². The molecule has 3 heterocycles. The van der Waals surface area contributed by atoms with Gasteiger partial charge in [-0.25, -0.2) is 5.48 Å². The zero-order valence-electron chi connectivity index (χ0n) is 13.8. The molecule has 3 N–H and O–H groups in total. The van der Waals surface area contributed by atoms with Gasteiger partial charge in [0, 0.05) is 22.5 Å². The minimum Gasteiger partial charge on any atom is -0.354 e. The van der Waals surface area contributed by atoms with E-state index in [0.29, 0.717) is 18.2 Å². The third-order valence-electron chi connectivity index (χ3n) is 5.22. The maximum absolute atomic E-state index is 12.2. The van der Waals surface area contributed by atoms with Crippen LogP contribution in [-0.4, -0.2) is 17.4 Å². The molecule has 5 heteroatoms. The Kier molecular flexibility index (Phi) is 3.36. The molecule has 2 aromatic carbocycles. The molecule has 2 aliphatic heterocycles. The van der Waals surface area contributed by atoms with Gasteiger partial charge in [-0.15, -0.1) is 0 Å². The van der Waals surface area contributed by atoms with Crippen LogP contribution in [0.25, 0.3) is 22.2 Å². The first kappa shape index (κ1) is 14.7. The van der Waals surface area contributed by atoms with Crippen molar-refractivity contribution in [3.8, 4) is 11.3 Å². The van der Waals surface area contributed by atoms with E-state index in [-0.39, 0.29) is 5.91 Å². The number of hydrogen-bond acceptors (Lipinski definition) is 3. The smallest absolute Gasteiger partial charge is 0.275 e. The summed E-state index contributed by atoms with van der Waals surface area (Å²) in [5.41, 5.74) is 8.60. The Morgan fingerprint density at radius 1 is 1.08 bits per heavy atom. The highest BCUT2D eigenvalue weighted by molar-refractivity contribution is 6.09. The normalized spacial score (nSPS) is 19.8. The summed E-state index contributed by atoms with van der Waals surface area (Å²) in [6, 6.07) is 14.9. The van der Waals surface area contributed by atoms with Gasteiger partial charge in [0.15, 0.2) is 0 Å². The molecular formula is C20H19N3O2. The summed E-state index contributed by atoms with van der Waals surface area (Å²) in [4.78, 5) is 21.0. The largest absolute Gasteiger partial charge is 0.354 e. The Morgan fingerprint density at radius 2 is 1.96 bits per heavy atom. The van der Waals surface area contributed by atoms with Crippen molar-refractivity contribution < 1.29 is 9.63 Å². The van der Waals surface area contributed by atoms with Crippen molar-refractivity contribution in [3.05, 3.63) is 59.2 Å². The van der Waals surface area contributed by atoms with Crippen LogP contribution in [0.4, 0.5) is 0 Å². The highest BCUT2D eigenvalue weighted by atomic mass is 16.6. The van der Waals surface area contributed by atoms with Gasteiger partial charge in [-0.05, 0) is 42.6 Å². The summed E-state index contributed by atoms with van der Waals surface area (Å²) in [5.74, 6) is -0.197. The third-order valence-corrected chi connectivity index (χ3v) is 5.22. The molecule has 0 saturated carbocycles. The van der Waals surface area contributed by atoms with Crippen molar-refractivity contribution in [1.29, 1.82) is 0 Å². The van der Waals surface area contributed by atoms with Crippen LogP contribution < -0.4 is 10.8 Å². The maximum Gasteiger partial charge on any atom is 0.275 e. The minimum atomic E-state index is -0.197. The molecule has 0 unspecified atom stereocenters. The van der Waals surface area contributed by atoms with Crippen LogP contribution in [0.5, 0.6) is 0 Å². The van der Waals surface area contributed by atoms with E-state index < -0.39 is 0 Å². The predicted octanol–water partition coefficient (Wildman–Crippen LogP) is 3.43. The Hall–Kier alpha value is -2.63. The summed E-state index contributed by atoms with van der Waals surface area (Å²) in [7, 11) is 0. The third kappa shape index (κ3) is 2.35. The molecule has 126 valence electrons. The zero-order valence-corrected chi connectivity index (χ0v) is 13.8. The summed E-state index contributed by atoms with van der Waals surface area (Å²) >= 11 is 0. The van der Waals surface area contributed by atoms with Crippen molar-refractivity contribution >= 4 is 16.8 Å². The SMILES string of the molecule is O=C1NOCc2c(-c3ccc([C@H]4CCCN4)cc3)[nH]c3cccc1c23. The van der Waals surface area contributed by atoms with Crippen molar-refractivity contribution in [2.45, 2.75) is 25.5 Å². The van der Waals surface area contributed by atoms with E-state index in [1.807, 2.05) is 18.2 Å². The van der Waals surface area contributed by atoms with Crippen LogP contribution in [0.1, 0.15) is 40.4 Å². The first-order valence-corrected chi connectivity index (χ1v) is 8.71. The van der Waals surface area contributed by atoms with Crippen LogP contribution in [0.2, 0.25) is 0 Å². The molecule has 1 saturated heterocycles. The predicted molar refractivity (Wildman–Crippen MR) is 96.0 cm³/mol. The maximum atomic E-state index is 12.2. The van der Waals surface area contributed by atoms with E-state index in [1.54, 1.807) is 0 Å². The lowest BCUT2D eigenvalue weighted by molar-refractivity contribution is 0.0256. The van der Waals surface area contributed by atoms with Gasteiger partial charge in [0.05, 0.1) is 11.3 Å². The van der Waals surface area contributed by atoms with Crippen LogP contribution in [0.3, 0.4) is 0 Å². The molecule has 25 heavy (non-hydrogen) atoms. The fraction of sp³-hybridized carbons (Fsp3) is 0.250. The quantitative estimate of drug-likeness (QED) is 0.673. The zero-order chi connectivity index (χ0) is 16.8. The first-order valence-electron chi connectivity index (χ1n) is 8.71. The van der Waals surface area contributed by atoms with Gasteiger partial charge >= 0.3 is 0 Å². The van der Waals surface area contributed by atoms with Crippen molar-refractivity contribution in [2.24, 2.45) is 0 Å². The van der Waals surface area contributed by atoms with Crippen molar-refractivity contribution in [3.63, 3.8) is 0 Å². The van der Waals surface area contributed by atoms with Gasteiger partial charge in [0.1, 0.15) is 6.61 Å². The van der Waals surface area contributed by atoms with Crippen molar-refractivity contribution in [2.75, 3.05) is 6.54 Å². The highest BCUT2D eigenvalue weighted by Crippen LogP contribution is 2.35. The fourth-order valence-corrected chi connectivity index (χ4v) is 3.98. The summed E-state index contributed by atoms with van der Waals surface area (Å²) in [6.07, 6.45) is 2.43. The molecule has 1 amide bonds. The molecule has 0 bridgehead atoms. The molecule has 1 aromatic heterocycles. The molecule has 5 nitrogen and oxygen atoms in total. The Morgan fingerprint density at radius 3 is 2.76 bits per heavy atom. The Balaban J connectivity index is 1.62. The minimum absolute atomic E-state index is 0.197. The van der Waals surface area contributed by atoms with Crippen LogP contribution >= 0.6 is 0 Å². The number of aromatic amines is 1. The lowest BCUT2D eigenvalue weighted by atomic mass is 9.99. The second-order valence-corrected chi connectivity index (χ2v) is 6.70. The van der Waals surface area contributed by atoms with E-state index in [2.05, 4.69) is 40.0 Å². The van der Waals surface area contributed by atoms with E-state index in [0.717, 1.165) is 34.3 Å². The van der Waals surface area contributed by atoms with E-state index in [4.69, 9.17) is 4.84 Å². The summed E-state index contributed by atoms with van der Waals surface area (Å²) in [5, 5.41) is 4.49. The molecule has 2 aliphatic rings. The molecule has 3 aromatic rings. The summed E-state index contributed by atoms with van der Waals surface area (Å²) in [6.45, 7) is 1.45. The van der Waals surface area contributed by atoms with E-state index >= 15 is 0 Å². The number of amides is 1. The monoisotopic (exact) mass is 333 g/mol. The van der Waals surface area contributed by atoms with E-state index in [1.165, 1.54) is 18.4 Å². The van der Waals surface area contributed by atoms with Crippen molar-refractivity contribution in [1.82, 2.24) is 15.8 Å². The molecule has 5 rings (SSSR count). The van der Waals surface area contributed by atoms with Gasteiger partial charge in [-0.2, -0.15) is 0 Å². The second kappa shape index (κ2) is 5.72. The summed E-state index contributed by atoms with van der Waals surface area (Å²) < 4.78 is 0. The Labute approximate surface area is 145 Å². The standard InChI is InChI=1S/C20H19N3O2/c24-20-14-3-1-4-17-18(14)15(11-25-23-20)19(22-17)13-8-6-12(7-9-13)16-5-2-10-21-16/h1,3-4,6-9,16,21-22H,2,5,10-11H2,(H,23,24)/t16-/m1/s1. The van der Waals surface area contributed by atoms with Crippen LogP contribution in [-0.2, 0) is 11.4 Å². The first-order chi connectivity index (χ1) is 12.3. The average molecular weight is 333 g/mol. The molecule has 1 fully saturated rings. The second-order valence-electron chi connectivity index (χ2n) is 6.70. The van der Waals surface area contributed by atoms with Crippen LogP contribution in [0, 0.1) is 0 Å². The Bertz CT molecular complexity index is 953. The number of rotatable bonds is 2. The number of nitrogens with one attached hydrogen (secondary N) is 3. The number of benzene rings is 2. The number of carbonyl (C=O) groups is 1. The average Bonchev–Trinajstić information content (AvgIpc) is 3.26. The number of carbonyl (C=O) groups excluding carboxylic acids is 1. The van der Waals surface area contributed by atoms with Gasteiger partial charge in [0.25, 0.3) is 5.91 Å². The van der Waals surface area contributed by atoms with Gasteiger partial charge < -0.3 is 10.3 Å². The number of hydroxylamine groups is 1. The van der Waals surface area contributed by atoms with Crippen LogP contribution in [0.15, 0.2) is 42.5 Å².